The molecule has 0 amide bonds. The van der Waals surface area contributed by atoms with E-state index in [9.17, 15) is 0 Å². The van der Waals surface area contributed by atoms with Crippen molar-refractivity contribution >= 4 is 17.4 Å². The molecule has 0 atom stereocenters. The van der Waals surface area contributed by atoms with Crippen LogP contribution in [0.4, 0.5) is 5.69 Å². The van der Waals surface area contributed by atoms with Gasteiger partial charge in [-0.1, -0.05) is 23.9 Å². The Hall–Kier alpha value is -0.890. The Labute approximate surface area is 70.5 Å². The maximum atomic E-state index is 3.92. The maximum Gasteiger partial charge on any atom is 0.0554 e. The summed E-state index contributed by atoms with van der Waals surface area (Å²) in [7, 11) is 0. The van der Waals surface area contributed by atoms with Crippen molar-refractivity contribution < 1.29 is 0 Å². The van der Waals surface area contributed by atoms with Crippen LogP contribution in [0.25, 0.3) is 0 Å². The molecule has 1 N–H and O–H groups in total. The van der Waals surface area contributed by atoms with Crippen LogP contribution in [0, 0.1) is 6.92 Å². The van der Waals surface area contributed by atoms with Gasteiger partial charge in [-0.15, -0.1) is 0 Å². The van der Waals surface area contributed by atoms with Crippen molar-refractivity contribution in [2.24, 2.45) is 0 Å². The zero-order valence-corrected chi connectivity index (χ0v) is 6.82. The lowest BCUT2D eigenvalue weighted by atomic mass is 10.2. The third kappa shape index (κ3) is 1.14. The van der Waals surface area contributed by atoms with Crippen molar-refractivity contribution in [1.29, 1.82) is 0 Å². The minimum Gasteiger partial charge on any atom is -0.360 e. The van der Waals surface area contributed by atoms with Crippen molar-refractivity contribution in [2.75, 3.05) is 5.32 Å². The van der Waals surface area contributed by atoms with Crippen LogP contribution in [0.2, 0.25) is 0 Å². The maximum absolute atomic E-state index is 3.92. The molecule has 1 radical (unpaired) electrons. The van der Waals surface area contributed by atoms with Crippen molar-refractivity contribution in [3.63, 3.8) is 0 Å². The second kappa shape index (κ2) is 2.62. The summed E-state index contributed by atoms with van der Waals surface area (Å²) in [5.74, 6) is 0. The third-order valence-electron chi connectivity index (χ3n) is 1.60. The van der Waals surface area contributed by atoms with Gasteiger partial charge in [0.1, 0.15) is 0 Å². The molecule has 1 heterocycles. The summed E-state index contributed by atoms with van der Waals surface area (Å²) in [4.78, 5) is 1.25. The molecule has 0 spiro atoms. The predicted octanol–water partition coefficient (Wildman–Crippen LogP) is 2.86. The van der Waals surface area contributed by atoms with E-state index in [0.29, 0.717) is 0 Å². The first-order valence-electron chi connectivity index (χ1n) is 3.41. The SMILES string of the molecule is [CH2]c1cccc2c1NC=CS2. The van der Waals surface area contributed by atoms with Gasteiger partial charge in [0, 0.05) is 11.1 Å². The molecule has 11 heavy (non-hydrogen) atoms. The number of hydrogen-bond acceptors (Lipinski definition) is 2. The lowest BCUT2D eigenvalue weighted by molar-refractivity contribution is 1.38. The van der Waals surface area contributed by atoms with E-state index in [0.717, 1.165) is 11.3 Å². The molecule has 0 unspecified atom stereocenters. The molecule has 2 rings (SSSR count). The van der Waals surface area contributed by atoms with Crippen LogP contribution < -0.4 is 5.32 Å². The molecule has 2 heteroatoms. The lowest BCUT2D eigenvalue weighted by Crippen LogP contribution is -1.95. The molecule has 55 valence electrons. The van der Waals surface area contributed by atoms with Crippen LogP contribution >= 0.6 is 11.8 Å². The van der Waals surface area contributed by atoms with E-state index < -0.39 is 0 Å². The topological polar surface area (TPSA) is 12.0 Å². The normalized spacial score (nSPS) is 13.9. The molecule has 1 aromatic carbocycles. The zero-order valence-electron chi connectivity index (χ0n) is 6.00. The Bertz CT molecular complexity index is 304. The van der Waals surface area contributed by atoms with Gasteiger partial charge in [0.25, 0.3) is 0 Å². The van der Waals surface area contributed by atoms with Crippen molar-refractivity contribution in [2.45, 2.75) is 4.90 Å². The molecule has 0 bridgehead atoms. The monoisotopic (exact) mass is 162 g/mol. The second-order valence-electron chi connectivity index (χ2n) is 2.36. The third-order valence-corrected chi connectivity index (χ3v) is 2.47. The Morgan fingerprint density at radius 1 is 1.36 bits per heavy atom. The average molecular weight is 162 g/mol. The zero-order chi connectivity index (χ0) is 7.68. The highest BCUT2D eigenvalue weighted by Gasteiger charge is 2.05. The summed E-state index contributed by atoms with van der Waals surface area (Å²) in [6, 6.07) is 6.12. The first kappa shape index (κ1) is 6.80. The first-order valence-corrected chi connectivity index (χ1v) is 4.29. The van der Waals surface area contributed by atoms with Gasteiger partial charge in [-0.05, 0) is 24.0 Å². The second-order valence-corrected chi connectivity index (χ2v) is 3.30. The van der Waals surface area contributed by atoms with E-state index in [2.05, 4.69) is 18.3 Å². The van der Waals surface area contributed by atoms with E-state index >= 15 is 0 Å². The molecule has 0 saturated heterocycles. The van der Waals surface area contributed by atoms with Gasteiger partial charge in [-0.2, -0.15) is 0 Å². The van der Waals surface area contributed by atoms with Crippen LogP contribution in [0.3, 0.4) is 0 Å². The Balaban J connectivity index is 2.54. The number of rotatable bonds is 0. The smallest absolute Gasteiger partial charge is 0.0554 e. The van der Waals surface area contributed by atoms with Crippen molar-refractivity contribution in [1.82, 2.24) is 0 Å². The number of fused-ring (bicyclic) bond motifs is 1. The van der Waals surface area contributed by atoms with E-state index in [1.54, 1.807) is 11.8 Å². The largest absolute Gasteiger partial charge is 0.360 e. The van der Waals surface area contributed by atoms with Gasteiger partial charge < -0.3 is 5.32 Å². The van der Waals surface area contributed by atoms with Crippen molar-refractivity contribution in [3.8, 4) is 0 Å². The van der Waals surface area contributed by atoms with Crippen LogP contribution in [-0.4, -0.2) is 0 Å². The van der Waals surface area contributed by atoms with Gasteiger partial charge in [-0.3, -0.25) is 0 Å². The van der Waals surface area contributed by atoms with Crippen LogP contribution in [-0.2, 0) is 0 Å². The number of hydrogen-bond donors (Lipinski definition) is 1. The summed E-state index contributed by atoms with van der Waals surface area (Å²) < 4.78 is 0. The highest BCUT2D eigenvalue weighted by Crippen LogP contribution is 2.33. The molecule has 0 aromatic heterocycles. The molecule has 1 nitrogen and oxygen atoms in total. The molecule has 1 aromatic rings. The van der Waals surface area contributed by atoms with Crippen LogP contribution in [0.5, 0.6) is 0 Å². The van der Waals surface area contributed by atoms with E-state index in [1.165, 1.54) is 4.90 Å². The van der Waals surface area contributed by atoms with Gasteiger partial charge in [-0.25, -0.2) is 0 Å². The van der Waals surface area contributed by atoms with Gasteiger partial charge in [0.2, 0.25) is 0 Å². The molecular formula is C9H8NS. The fourth-order valence-electron chi connectivity index (χ4n) is 1.06. The number of anilines is 1. The minimum atomic E-state index is 1.05. The van der Waals surface area contributed by atoms with E-state index in [-0.39, 0.29) is 0 Å². The molecular weight excluding hydrogens is 154 g/mol. The average Bonchev–Trinajstić information content (AvgIpc) is 2.06. The summed E-state index contributed by atoms with van der Waals surface area (Å²) in [6.07, 6.45) is 1.93. The number of thioether (sulfide) groups is 1. The van der Waals surface area contributed by atoms with Gasteiger partial charge >= 0.3 is 0 Å². The van der Waals surface area contributed by atoms with E-state index in [4.69, 9.17) is 0 Å². The molecule has 1 aliphatic heterocycles. The Kier molecular flexibility index (Phi) is 1.62. The molecule has 0 aliphatic carbocycles. The molecule has 0 saturated carbocycles. The summed E-state index contributed by atoms with van der Waals surface area (Å²) in [6.45, 7) is 3.92. The van der Waals surface area contributed by atoms with Crippen LogP contribution in [0.15, 0.2) is 34.7 Å². The Morgan fingerprint density at radius 3 is 3.09 bits per heavy atom. The first-order chi connectivity index (χ1) is 5.38. The highest BCUT2D eigenvalue weighted by molar-refractivity contribution is 8.02. The van der Waals surface area contributed by atoms with Gasteiger partial charge in [0.05, 0.1) is 5.69 Å². The predicted molar refractivity (Wildman–Crippen MR) is 49.5 cm³/mol. The lowest BCUT2D eigenvalue weighted by Gasteiger charge is -2.13. The summed E-state index contributed by atoms with van der Waals surface area (Å²) in [5.41, 5.74) is 2.19. The van der Waals surface area contributed by atoms with Crippen molar-refractivity contribution in [3.05, 3.63) is 42.3 Å². The van der Waals surface area contributed by atoms with E-state index in [1.807, 2.05) is 23.7 Å². The summed E-state index contributed by atoms with van der Waals surface area (Å²) in [5, 5.41) is 5.20. The molecule has 0 fully saturated rings. The quantitative estimate of drug-likeness (QED) is 0.629. The fourth-order valence-corrected chi connectivity index (χ4v) is 1.81. The standard InChI is InChI=1S/C9H8NS/c1-7-3-2-4-8-9(7)10-5-6-11-8/h2-6,10H,1H2. The number of para-hydroxylation sites is 1. The highest BCUT2D eigenvalue weighted by atomic mass is 32.2. The summed E-state index contributed by atoms with van der Waals surface area (Å²) >= 11 is 1.72. The number of benzene rings is 1. The van der Waals surface area contributed by atoms with Crippen LogP contribution in [0.1, 0.15) is 5.56 Å². The van der Waals surface area contributed by atoms with Gasteiger partial charge in [0.15, 0.2) is 0 Å². The minimum absolute atomic E-state index is 1.05. The Morgan fingerprint density at radius 2 is 2.27 bits per heavy atom. The molecule has 1 aliphatic rings. The fraction of sp³-hybridized carbons (Fsp3) is 0. The number of nitrogens with one attached hydrogen (secondary N) is 1.